The van der Waals surface area contributed by atoms with E-state index in [0.29, 0.717) is 60.9 Å². The number of anilines is 2. The highest BCUT2D eigenvalue weighted by Gasteiger charge is 2.30. The molecule has 1 atom stereocenters. The molecular weight excluding hydrogens is 729 g/mol. The molecule has 0 bridgehead atoms. The molecule has 3 fully saturated rings. The predicted octanol–water partition coefficient (Wildman–Crippen LogP) is 8.54. The third-order valence-electron chi connectivity index (χ3n) is 11.9. The van der Waals surface area contributed by atoms with E-state index in [4.69, 9.17) is 9.40 Å². The number of aliphatic hydroxyl groups excluding tert-OH is 1. The van der Waals surface area contributed by atoms with Crippen LogP contribution in [0.1, 0.15) is 78.1 Å². The van der Waals surface area contributed by atoms with Crippen LogP contribution in [0.15, 0.2) is 65.2 Å². The summed E-state index contributed by atoms with van der Waals surface area (Å²) in [5.74, 6) is -0.294. The van der Waals surface area contributed by atoms with Crippen LogP contribution in [0.3, 0.4) is 0 Å². The Labute approximate surface area is 328 Å². The van der Waals surface area contributed by atoms with E-state index in [1.54, 1.807) is 12.3 Å². The van der Waals surface area contributed by atoms with Crippen LogP contribution in [0.25, 0.3) is 44.7 Å². The van der Waals surface area contributed by atoms with Crippen LogP contribution in [-0.2, 0) is 17.9 Å². The monoisotopic (exact) mass is 773 g/mol. The van der Waals surface area contributed by atoms with E-state index >= 15 is 0 Å². The number of nitrogens with one attached hydrogen (secondary N) is 1. The Kier molecular flexibility index (Phi) is 9.91. The first-order chi connectivity index (χ1) is 27.6. The lowest BCUT2D eigenvalue weighted by molar-refractivity contribution is -0.143. The van der Waals surface area contributed by atoms with Gasteiger partial charge in [0.2, 0.25) is 5.89 Å². The summed E-state index contributed by atoms with van der Waals surface area (Å²) in [5.41, 5.74) is 11.0. The van der Waals surface area contributed by atoms with E-state index in [9.17, 15) is 23.8 Å². The minimum atomic E-state index is -2.87. The molecule has 2 aliphatic heterocycles. The number of piperidine rings is 1. The summed E-state index contributed by atoms with van der Waals surface area (Å²) in [6.07, 6.45) is 2.82. The second-order valence-corrected chi connectivity index (χ2v) is 15.9. The third-order valence-corrected chi connectivity index (χ3v) is 11.9. The number of carbonyl (C=O) groups is 1. The maximum atomic E-state index is 14.1. The number of likely N-dealkylation sites (tertiary alicyclic amines) is 2. The number of alkyl halides is 2. The Morgan fingerprint density at radius 2 is 1.61 bits per heavy atom. The van der Waals surface area contributed by atoms with Gasteiger partial charge in [0.1, 0.15) is 11.0 Å². The molecule has 11 nitrogen and oxygen atoms in total. The molecule has 0 amide bonds. The Bertz CT molecular complexity index is 2500. The van der Waals surface area contributed by atoms with Crippen molar-refractivity contribution in [1.82, 2.24) is 29.7 Å². The third kappa shape index (κ3) is 7.59. The van der Waals surface area contributed by atoms with Gasteiger partial charge in [-0.3, -0.25) is 19.6 Å². The highest BCUT2D eigenvalue weighted by Crippen LogP contribution is 2.44. The van der Waals surface area contributed by atoms with E-state index in [1.165, 1.54) is 11.1 Å². The lowest BCUT2D eigenvalue weighted by atomic mass is 9.93. The molecule has 1 unspecified atom stereocenters. The van der Waals surface area contributed by atoms with Crippen LogP contribution in [0.5, 0.6) is 0 Å². The Morgan fingerprint density at radius 1 is 0.877 bits per heavy atom. The molecular formula is C44H45F2N7O4. The number of aliphatic hydroxyl groups is 1. The number of benzene rings is 3. The van der Waals surface area contributed by atoms with Gasteiger partial charge in [-0.05, 0) is 134 Å². The van der Waals surface area contributed by atoms with Crippen molar-refractivity contribution < 1.29 is 28.2 Å². The number of halogens is 2. The zero-order valence-corrected chi connectivity index (χ0v) is 32.0. The summed E-state index contributed by atoms with van der Waals surface area (Å²) in [4.78, 5) is 34.0. The average Bonchev–Trinajstić information content (AvgIpc) is 3.84. The zero-order chi connectivity index (χ0) is 39.4. The number of aliphatic carboxylic acids is 1. The fraction of sp³-hybridized carbons (Fsp3) is 0.386. The van der Waals surface area contributed by atoms with Gasteiger partial charge in [0, 0.05) is 43.6 Å². The van der Waals surface area contributed by atoms with Crippen molar-refractivity contribution in [3.8, 4) is 22.6 Å². The number of fused-ring (bicyclic) bond motifs is 2. The summed E-state index contributed by atoms with van der Waals surface area (Å²) < 4.78 is 34.7. The van der Waals surface area contributed by atoms with Gasteiger partial charge in [0.05, 0.1) is 17.5 Å². The standard InChI is InChI=1S/C44H45F2N7O4/c1-24-31(5-3-7-33(24)43-50-36-18-29(34(27-9-10-27)19-38(36)57-43)22-52-14-11-28(12-15-52)44(55)56)32-6-4-8-35(25(32)2)48-41-39-37(49-42(51-41)40(45)46)17-26(20-47-39)21-53-16-13-30(54)23-53/h3-8,17-20,27-28,30,40,54H,9-16,21-23H2,1-2H3,(H,55,56)(H,48,49,51). The highest BCUT2D eigenvalue weighted by atomic mass is 19.3. The smallest absolute Gasteiger partial charge is 0.306 e. The van der Waals surface area contributed by atoms with Crippen molar-refractivity contribution in [1.29, 1.82) is 0 Å². The van der Waals surface area contributed by atoms with Crippen molar-refractivity contribution in [2.45, 2.75) is 77.5 Å². The summed E-state index contributed by atoms with van der Waals surface area (Å²) >= 11 is 0. The van der Waals surface area contributed by atoms with Crippen molar-refractivity contribution in [2.24, 2.45) is 5.92 Å². The molecule has 1 aliphatic carbocycles. The molecule has 13 heteroatoms. The summed E-state index contributed by atoms with van der Waals surface area (Å²) in [7, 11) is 0. The number of rotatable bonds is 11. The van der Waals surface area contributed by atoms with Gasteiger partial charge in [-0.25, -0.2) is 23.7 Å². The van der Waals surface area contributed by atoms with E-state index in [0.717, 1.165) is 83.5 Å². The Balaban J connectivity index is 1.00. The summed E-state index contributed by atoms with van der Waals surface area (Å²) in [5, 5.41) is 22.7. The van der Waals surface area contributed by atoms with Gasteiger partial charge in [-0.1, -0.05) is 24.3 Å². The summed E-state index contributed by atoms with van der Waals surface area (Å²) in [6.45, 7) is 8.20. The molecule has 3 N–H and O–H groups in total. The van der Waals surface area contributed by atoms with Crippen LogP contribution >= 0.6 is 0 Å². The van der Waals surface area contributed by atoms with Gasteiger partial charge in [-0.15, -0.1) is 0 Å². The molecule has 9 rings (SSSR count). The molecule has 6 aromatic rings. The molecule has 294 valence electrons. The molecule has 57 heavy (non-hydrogen) atoms. The van der Waals surface area contributed by atoms with Gasteiger partial charge >= 0.3 is 5.97 Å². The van der Waals surface area contributed by atoms with Crippen LogP contribution in [0.2, 0.25) is 0 Å². The fourth-order valence-electron chi connectivity index (χ4n) is 8.55. The molecule has 3 aromatic heterocycles. The van der Waals surface area contributed by atoms with Crippen LogP contribution < -0.4 is 5.32 Å². The normalized spacial score (nSPS) is 18.3. The maximum Gasteiger partial charge on any atom is 0.306 e. The number of pyridine rings is 1. The van der Waals surface area contributed by atoms with E-state index in [-0.39, 0.29) is 17.8 Å². The number of oxazole rings is 1. The maximum absolute atomic E-state index is 14.1. The lowest BCUT2D eigenvalue weighted by Gasteiger charge is -2.30. The number of hydrogen-bond donors (Lipinski definition) is 3. The molecule has 0 spiro atoms. The van der Waals surface area contributed by atoms with E-state index in [1.807, 2.05) is 37.3 Å². The van der Waals surface area contributed by atoms with Gasteiger partial charge < -0.3 is 19.9 Å². The molecule has 2 saturated heterocycles. The minimum Gasteiger partial charge on any atom is -0.481 e. The molecule has 3 aliphatic rings. The van der Waals surface area contributed by atoms with Crippen molar-refractivity contribution in [3.63, 3.8) is 0 Å². The quantitative estimate of drug-likeness (QED) is 0.117. The van der Waals surface area contributed by atoms with E-state index in [2.05, 4.69) is 55.2 Å². The first kappa shape index (κ1) is 37.2. The van der Waals surface area contributed by atoms with Gasteiger partial charge in [0.25, 0.3) is 6.43 Å². The minimum absolute atomic E-state index is 0.199. The average molecular weight is 774 g/mol. The second-order valence-electron chi connectivity index (χ2n) is 15.9. The SMILES string of the molecule is Cc1c(Nc2nc(C(F)F)nc3cc(CN4CCC(O)C4)cnc23)cccc1-c1cccc(-c2nc3cc(CN4CCC(C(=O)O)CC4)c(C4CC4)cc3o2)c1C. The van der Waals surface area contributed by atoms with Crippen LogP contribution in [-0.4, -0.2) is 78.2 Å². The van der Waals surface area contributed by atoms with Crippen LogP contribution in [0, 0.1) is 19.8 Å². The van der Waals surface area contributed by atoms with Crippen molar-refractivity contribution in [3.05, 3.63) is 94.4 Å². The summed E-state index contributed by atoms with van der Waals surface area (Å²) in [6, 6.07) is 18.0. The van der Waals surface area contributed by atoms with Gasteiger partial charge in [0.15, 0.2) is 17.2 Å². The first-order valence-electron chi connectivity index (χ1n) is 19.8. The topological polar surface area (TPSA) is 141 Å². The molecule has 0 radical (unpaired) electrons. The molecule has 1 saturated carbocycles. The zero-order valence-electron chi connectivity index (χ0n) is 32.0. The Hall–Kier alpha value is -5.37. The number of hydrogen-bond acceptors (Lipinski definition) is 10. The molecule has 5 heterocycles. The second kappa shape index (κ2) is 15.2. The van der Waals surface area contributed by atoms with Crippen molar-refractivity contribution in [2.75, 3.05) is 31.5 Å². The van der Waals surface area contributed by atoms with Crippen molar-refractivity contribution >= 4 is 39.6 Å². The fourth-order valence-corrected chi connectivity index (χ4v) is 8.55. The van der Waals surface area contributed by atoms with Gasteiger partial charge in [-0.2, -0.15) is 0 Å². The highest BCUT2D eigenvalue weighted by molar-refractivity contribution is 5.89. The number of carboxylic acids is 1. The Morgan fingerprint density at radius 3 is 2.33 bits per heavy atom. The number of carboxylic acid groups (broad SMARTS) is 1. The first-order valence-corrected chi connectivity index (χ1v) is 19.8. The number of aromatic nitrogens is 4. The number of β-amino-alcohol motifs (C(OH)–C–C–N with tert-alkyl or cyclic N) is 1. The van der Waals surface area contributed by atoms with Crippen LogP contribution in [0.4, 0.5) is 20.3 Å². The lowest BCUT2D eigenvalue weighted by Crippen LogP contribution is -2.36. The largest absolute Gasteiger partial charge is 0.481 e. The number of nitrogens with zero attached hydrogens (tertiary/aromatic N) is 6. The predicted molar refractivity (Wildman–Crippen MR) is 213 cm³/mol. The van der Waals surface area contributed by atoms with E-state index < -0.39 is 18.2 Å². The molecule has 3 aromatic carbocycles.